The van der Waals surface area contributed by atoms with E-state index in [4.69, 9.17) is 9.97 Å². The minimum atomic E-state index is 0.227. The molecule has 48 heavy (non-hydrogen) atoms. The molecule has 2 aliphatic heterocycles. The summed E-state index contributed by atoms with van der Waals surface area (Å²) in [6.07, 6.45) is 8.61. The molecule has 6 heteroatoms. The number of aromatic amines is 2. The first-order chi connectivity index (χ1) is 23.2. The van der Waals surface area contributed by atoms with Gasteiger partial charge in [0.2, 0.25) is 0 Å². The lowest BCUT2D eigenvalue weighted by Gasteiger charge is -2.20. The normalized spacial score (nSPS) is 14.7. The van der Waals surface area contributed by atoms with E-state index in [9.17, 15) is 0 Å². The van der Waals surface area contributed by atoms with Crippen molar-refractivity contribution in [2.45, 2.75) is 133 Å². The summed E-state index contributed by atoms with van der Waals surface area (Å²) in [5.74, 6) is 0. The van der Waals surface area contributed by atoms with Crippen LogP contribution < -0.4 is 10.6 Å². The summed E-state index contributed by atoms with van der Waals surface area (Å²) in [4.78, 5) is 18.4. The van der Waals surface area contributed by atoms with Gasteiger partial charge in [-0.05, 0) is 148 Å². The van der Waals surface area contributed by atoms with Crippen molar-refractivity contribution < 1.29 is 0 Å². The minimum Gasteiger partial charge on any atom is -0.355 e. The lowest BCUT2D eigenvalue weighted by Crippen LogP contribution is -2.30. The van der Waals surface area contributed by atoms with E-state index >= 15 is 0 Å². The second-order valence-electron chi connectivity index (χ2n) is 13.8. The Balaban J connectivity index is 1.91. The van der Waals surface area contributed by atoms with Gasteiger partial charge in [0.1, 0.15) is 0 Å². The molecule has 2 aliphatic rings. The number of hydrogen-bond donors (Lipinski definition) is 4. The zero-order chi connectivity index (χ0) is 34.5. The Bertz CT molecular complexity index is 1850. The molecule has 0 saturated carbocycles. The summed E-state index contributed by atoms with van der Waals surface area (Å²) in [7, 11) is 0. The van der Waals surface area contributed by atoms with Crippen molar-refractivity contribution in [3.63, 3.8) is 0 Å². The van der Waals surface area contributed by atoms with E-state index in [0.29, 0.717) is 0 Å². The van der Waals surface area contributed by atoms with Crippen LogP contribution in [-0.4, -0.2) is 39.1 Å². The summed E-state index contributed by atoms with van der Waals surface area (Å²) in [5, 5.41) is 7.80. The molecule has 2 unspecified atom stereocenters. The van der Waals surface area contributed by atoms with Crippen molar-refractivity contribution in [3.05, 3.63) is 69.3 Å². The van der Waals surface area contributed by atoms with E-state index in [1.165, 1.54) is 69.3 Å². The summed E-state index contributed by atoms with van der Waals surface area (Å²) < 4.78 is 0. The zero-order valence-electron chi connectivity index (χ0n) is 31.4. The fourth-order valence-electron chi connectivity index (χ4n) is 7.75. The van der Waals surface area contributed by atoms with Gasteiger partial charge in [-0.15, -0.1) is 0 Å². The van der Waals surface area contributed by atoms with Crippen molar-refractivity contribution in [1.29, 1.82) is 0 Å². The van der Waals surface area contributed by atoms with Crippen LogP contribution in [-0.2, 0) is 6.42 Å². The molecule has 0 aromatic carbocycles. The van der Waals surface area contributed by atoms with Crippen LogP contribution in [0.15, 0.2) is 24.3 Å². The highest BCUT2D eigenvalue weighted by atomic mass is 14.9. The van der Waals surface area contributed by atoms with E-state index in [1.807, 2.05) is 0 Å². The van der Waals surface area contributed by atoms with Gasteiger partial charge in [-0.25, -0.2) is 9.97 Å². The highest BCUT2D eigenvalue weighted by molar-refractivity contribution is 5.96. The summed E-state index contributed by atoms with van der Waals surface area (Å²) in [5.41, 5.74) is 19.2. The summed E-state index contributed by atoms with van der Waals surface area (Å²) >= 11 is 0. The third kappa shape index (κ3) is 6.97. The first-order valence-electron chi connectivity index (χ1n) is 18.8. The number of nitrogens with one attached hydrogen (secondary N) is 4. The number of aryl methyl sites for hydroxylation is 3. The lowest BCUT2D eigenvalue weighted by molar-refractivity contribution is 0.509. The number of allylic oxidation sites excluding steroid dienone is 3. The predicted molar refractivity (Wildman–Crippen MR) is 208 cm³/mol. The van der Waals surface area contributed by atoms with Crippen molar-refractivity contribution in [2.24, 2.45) is 0 Å². The van der Waals surface area contributed by atoms with Gasteiger partial charge in [0.25, 0.3) is 0 Å². The number of hydrogen-bond acceptors (Lipinski definition) is 4. The SMILES string of the molecule is CCCCNC(CC)C1=C(C)c2cc3nc(cc4[nH]c(cc5[nH]c(cc1n2)c(C(CC)NCCCC)c5C)c(CC)c4C)C(CC)=C3C. The van der Waals surface area contributed by atoms with Crippen LogP contribution in [0.3, 0.4) is 0 Å². The fourth-order valence-corrected chi connectivity index (χ4v) is 7.75. The van der Waals surface area contributed by atoms with Gasteiger partial charge in [0.05, 0.1) is 22.8 Å². The van der Waals surface area contributed by atoms with Crippen molar-refractivity contribution in [2.75, 3.05) is 13.1 Å². The first kappa shape index (κ1) is 35.8. The molecule has 0 aliphatic carbocycles. The molecule has 3 aromatic heterocycles. The zero-order valence-corrected chi connectivity index (χ0v) is 31.4. The van der Waals surface area contributed by atoms with Gasteiger partial charge in [-0.1, -0.05) is 54.4 Å². The Morgan fingerprint density at radius 2 is 1.17 bits per heavy atom. The van der Waals surface area contributed by atoms with Gasteiger partial charge in [-0.3, -0.25) is 0 Å². The van der Waals surface area contributed by atoms with Crippen LogP contribution in [0.1, 0.15) is 151 Å². The van der Waals surface area contributed by atoms with Crippen molar-refractivity contribution >= 4 is 44.4 Å². The highest BCUT2D eigenvalue weighted by Crippen LogP contribution is 2.38. The maximum Gasteiger partial charge on any atom is 0.0709 e. The Morgan fingerprint density at radius 1 is 0.583 bits per heavy atom. The van der Waals surface area contributed by atoms with Crippen LogP contribution in [0.25, 0.3) is 44.4 Å². The van der Waals surface area contributed by atoms with E-state index in [-0.39, 0.29) is 12.1 Å². The monoisotopic (exact) mass is 648 g/mol. The average Bonchev–Trinajstić information content (AvgIpc) is 3.74. The minimum absolute atomic E-state index is 0.227. The molecule has 0 saturated heterocycles. The quantitative estimate of drug-likeness (QED) is 0.131. The molecule has 2 atom stereocenters. The first-order valence-corrected chi connectivity index (χ1v) is 18.8. The molecular formula is C42H60N6. The topological polar surface area (TPSA) is 81.4 Å². The number of aromatic nitrogens is 4. The van der Waals surface area contributed by atoms with Crippen LogP contribution in [0, 0.1) is 13.8 Å². The second kappa shape index (κ2) is 15.8. The maximum absolute atomic E-state index is 5.43. The second-order valence-corrected chi connectivity index (χ2v) is 13.8. The van der Waals surface area contributed by atoms with Crippen molar-refractivity contribution in [1.82, 2.24) is 30.6 Å². The molecule has 8 bridgehead atoms. The molecule has 0 amide bonds. The predicted octanol–water partition coefficient (Wildman–Crippen LogP) is 10.8. The summed E-state index contributed by atoms with van der Waals surface area (Å²) in [6.45, 7) is 24.6. The van der Waals surface area contributed by atoms with Gasteiger partial charge in [0, 0.05) is 34.2 Å². The molecule has 0 fully saturated rings. The molecule has 5 heterocycles. The van der Waals surface area contributed by atoms with E-state index < -0.39 is 0 Å². The van der Waals surface area contributed by atoms with Crippen LogP contribution in [0.5, 0.6) is 0 Å². The fraction of sp³-hybridized carbons (Fsp3) is 0.524. The van der Waals surface area contributed by atoms with Crippen LogP contribution >= 0.6 is 0 Å². The Labute approximate surface area is 289 Å². The van der Waals surface area contributed by atoms with Crippen LogP contribution in [0.2, 0.25) is 0 Å². The standard InChI is InChI=1S/C42H60N6/c1-11-17-19-43-31(15-5)41-27(9)35-21-33-25(7)29(13-3)37(45-33)22-34-26(8)30(14-4)38(46-34)23-36-28(10)42(32(16-6)44-20-18-12-2)40(48-36)24-39(41)47-35/h21-24,31-32,43-44,46,48H,11-20H2,1-10H3. The van der Waals surface area contributed by atoms with E-state index in [1.54, 1.807) is 0 Å². The third-order valence-electron chi connectivity index (χ3n) is 10.7. The third-order valence-corrected chi connectivity index (χ3v) is 10.7. The molecule has 5 rings (SSSR count). The summed E-state index contributed by atoms with van der Waals surface area (Å²) in [6, 6.07) is 9.66. The highest BCUT2D eigenvalue weighted by Gasteiger charge is 2.26. The van der Waals surface area contributed by atoms with E-state index in [2.05, 4.69) is 114 Å². The number of rotatable bonds is 14. The van der Waals surface area contributed by atoms with Gasteiger partial charge >= 0.3 is 0 Å². The maximum atomic E-state index is 5.43. The smallest absolute Gasteiger partial charge is 0.0709 e. The Morgan fingerprint density at radius 3 is 1.79 bits per heavy atom. The molecule has 0 radical (unpaired) electrons. The number of unbranched alkanes of at least 4 members (excludes halogenated alkanes) is 2. The number of fused-ring (bicyclic) bond motifs is 8. The molecule has 258 valence electrons. The van der Waals surface area contributed by atoms with Gasteiger partial charge < -0.3 is 20.6 Å². The molecular weight excluding hydrogens is 589 g/mol. The molecule has 6 nitrogen and oxygen atoms in total. The lowest BCUT2D eigenvalue weighted by atomic mass is 9.95. The number of H-pyrrole nitrogens is 2. The van der Waals surface area contributed by atoms with Gasteiger partial charge in [0.15, 0.2) is 0 Å². The van der Waals surface area contributed by atoms with Crippen LogP contribution in [0.4, 0.5) is 0 Å². The van der Waals surface area contributed by atoms with Crippen molar-refractivity contribution in [3.8, 4) is 0 Å². The average molecular weight is 649 g/mol. The molecule has 4 N–H and O–H groups in total. The number of nitrogens with zero attached hydrogens (tertiary/aromatic N) is 2. The Hall–Kier alpha value is -3.48. The molecule has 3 aromatic rings. The largest absolute Gasteiger partial charge is 0.355 e. The van der Waals surface area contributed by atoms with E-state index in [0.717, 1.165) is 84.5 Å². The molecule has 0 spiro atoms. The Kier molecular flexibility index (Phi) is 11.8. The van der Waals surface area contributed by atoms with Gasteiger partial charge in [-0.2, -0.15) is 0 Å².